The van der Waals surface area contributed by atoms with Crippen LogP contribution in [0.15, 0.2) is 24.3 Å². The molecule has 1 saturated heterocycles. The number of nitrogens with two attached hydrogens (primary N) is 1. The van der Waals surface area contributed by atoms with Gasteiger partial charge in [-0.05, 0) is 37.6 Å². The van der Waals surface area contributed by atoms with Crippen molar-refractivity contribution >= 4 is 11.6 Å². The van der Waals surface area contributed by atoms with Gasteiger partial charge in [0, 0.05) is 31.2 Å². The van der Waals surface area contributed by atoms with Crippen LogP contribution in [0.4, 0.5) is 10.1 Å². The van der Waals surface area contributed by atoms with E-state index in [0.29, 0.717) is 18.7 Å². The molecule has 1 aromatic rings. The molecule has 0 unspecified atom stereocenters. The first-order chi connectivity index (χ1) is 9.13. The lowest BCUT2D eigenvalue weighted by Gasteiger charge is -2.30. The van der Waals surface area contributed by atoms with E-state index in [1.54, 1.807) is 12.1 Å². The van der Waals surface area contributed by atoms with Gasteiger partial charge in [-0.3, -0.25) is 4.79 Å². The highest BCUT2D eigenvalue weighted by Gasteiger charge is 2.17. The largest absolute Gasteiger partial charge is 0.327 e. The van der Waals surface area contributed by atoms with Gasteiger partial charge in [-0.2, -0.15) is 0 Å². The maximum atomic E-state index is 13.0. The first kappa shape index (κ1) is 14.0. The van der Waals surface area contributed by atoms with Gasteiger partial charge in [0.15, 0.2) is 0 Å². The summed E-state index contributed by atoms with van der Waals surface area (Å²) in [6.07, 6.45) is 2.56. The summed E-state index contributed by atoms with van der Waals surface area (Å²) in [5.41, 5.74) is 6.39. The molecule has 0 radical (unpaired) electrons. The van der Waals surface area contributed by atoms with Crippen LogP contribution < -0.4 is 11.1 Å². The first-order valence-electron chi connectivity index (χ1n) is 6.67. The van der Waals surface area contributed by atoms with Gasteiger partial charge in [-0.1, -0.05) is 6.07 Å². The Balaban J connectivity index is 1.75. The fourth-order valence-corrected chi connectivity index (χ4v) is 2.34. The molecule has 2 rings (SSSR count). The van der Waals surface area contributed by atoms with E-state index in [1.165, 1.54) is 12.1 Å². The summed E-state index contributed by atoms with van der Waals surface area (Å²) in [7, 11) is 0. The van der Waals surface area contributed by atoms with Gasteiger partial charge in [0.25, 0.3) is 0 Å². The topological polar surface area (TPSA) is 58.4 Å². The van der Waals surface area contributed by atoms with Crippen molar-refractivity contribution in [3.05, 3.63) is 30.1 Å². The number of amides is 1. The van der Waals surface area contributed by atoms with Gasteiger partial charge < -0.3 is 16.0 Å². The number of nitrogens with zero attached hydrogens (tertiary/aromatic N) is 1. The van der Waals surface area contributed by atoms with E-state index >= 15 is 0 Å². The van der Waals surface area contributed by atoms with Gasteiger partial charge in [0.05, 0.1) is 0 Å². The molecule has 0 saturated carbocycles. The second kappa shape index (κ2) is 6.63. The van der Waals surface area contributed by atoms with Crippen molar-refractivity contribution in [1.29, 1.82) is 0 Å². The Morgan fingerprint density at radius 1 is 1.53 bits per heavy atom. The summed E-state index contributed by atoms with van der Waals surface area (Å²) in [5.74, 6) is -0.440. The van der Waals surface area contributed by atoms with Crippen LogP contribution in [0.1, 0.15) is 19.3 Å². The number of halogens is 1. The quantitative estimate of drug-likeness (QED) is 0.869. The smallest absolute Gasteiger partial charge is 0.225 e. The van der Waals surface area contributed by atoms with Gasteiger partial charge >= 0.3 is 0 Å². The SMILES string of the molecule is N[C@@H]1CCCN(CCC(=O)Nc2cccc(F)c2)C1. The molecule has 0 aliphatic carbocycles. The lowest BCUT2D eigenvalue weighted by atomic mass is 10.1. The van der Waals surface area contributed by atoms with Crippen molar-refractivity contribution in [1.82, 2.24) is 4.90 Å². The highest BCUT2D eigenvalue weighted by atomic mass is 19.1. The van der Waals surface area contributed by atoms with E-state index in [1.807, 2.05) is 0 Å². The molecule has 4 nitrogen and oxygen atoms in total. The molecule has 0 aromatic heterocycles. The monoisotopic (exact) mass is 265 g/mol. The number of nitrogens with one attached hydrogen (secondary N) is 1. The van der Waals surface area contributed by atoms with E-state index in [2.05, 4.69) is 10.2 Å². The molecule has 0 bridgehead atoms. The van der Waals surface area contributed by atoms with Crippen molar-refractivity contribution in [2.75, 3.05) is 25.0 Å². The Kier molecular flexibility index (Phi) is 4.87. The number of carbonyl (C=O) groups is 1. The molecular formula is C14H20FN3O. The average Bonchev–Trinajstić information content (AvgIpc) is 2.36. The second-order valence-electron chi connectivity index (χ2n) is 5.01. The number of likely N-dealkylation sites (tertiary alicyclic amines) is 1. The van der Waals surface area contributed by atoms with Crippen molar-refractivity contribution in [2.45, 2.75) is 25.3 Å². The van der Waals surface area contributed by atoms with E-state index in [0.717, 1.165) is 25.9 Å². The summed E-state index contributed by atoms with van der Waals surface area (Å²) in [5, 5.41) is 2.70. The molecule has 0 spiro atoms. The number of carbonyl (C=O) groups excluding carboxylic acids is 1. The Hall–Kier alpha value is -1.46. The van der Waals surface area contributed by atoms with Crippen LogP contribution in [-0.2, 0) is 4.79 Å². The summed E-state index contributed by atoms with van der Waals surface area (Å²) >= 11 is 0. The van der Waals surface area contributed by atoms with E-state index in [4.69, 9.17) is 5.73 Å². The molecule has 1 aromatic carbocycles. The Labute approximate surface area is 112 Å². The van der Waals surface area contributed by atoms with Crippen LogP contribution in [0.25, 0.3) is 0 Å². The fourth-order valence-electron chi connectivity index (χ4n) is 2.34. The molecule has 1 aliphatic heterocycles. The van der Waals surface area contributed by atoms with Crippen LogP contribution in [0.2, 0.25) is 0 Å². The summed E-state index contributed by atoms with van der Waals surface area (Å²) in [6.45, 7) is 2.56. The minimum absolute atomic E-state index is 0.0928. The van der Waals surface area contributed by atoms with Crippen molar-refractivity contribution < 1.29 is 9.18 Å². The zero-order valence-electron chi connectivity index (χ0n) is 10.9. The highest BCUT2D eigenvalue weighted by molar-refractivity contribution is 5.90. The molecule has 3 N–H and O–H groups in total. The van der Waals surface area contributed by atoms with Crippen molar-refractivity contribution in [2.24, 2.45) is 5.73 Å². The second-order valence-corrected chi connectivity index (χ2v) is 5.01. The number of anilines is 1. The summed E-state index contributed by atoms with van der Waals surface area (Å²) in [4.78, 5) is 14.0. The zero-order valence-corrected chi connectivity index (χ0v) is 10.9. The highest BCUT2D eigenvalue weighted by Crippen LogP contribution is 2.11. The zero-order chi connectivity index (χ0) is 13.7. The summed E-state index contributed by atoms with van der Waals surface area (Å²) in [6, 6.07) is 6.14. The van der Waals surface area contributed by atoms with Gasteiger partial charge in [-0.15, -0.1) is 0 Å². The first-order valence-corrected chi connectivity index (χ1v) is 6.67. The summed E-state index contributed by atoms with van der Waals surface area (Å²) < 4.78 is 13.0. The lowest BCUT2D eigenvalue weighted by Crippen LogP contribution is -2.43. The van der Waals surface area contributed by atoms with Crippen LogP contribution >= 0.6 is 0 Å². The fraction of sp³-hybridized carbons (Fsp3) is 0.500. The third-order valence-corrected chi connectivity index (χ3v) is 3.31. The average molecular weight is 265 g/mol. The van der Waals surface area contributed by atoms with Crippen LogP contribution in [0.5, 0.6) is 0 Å². The number of piperidine rings is 1. The predicted octanol–water partition coefficient (Wildman–Crippen LogP) is 1.58. The number of benzene rings is 1. The normalized spacial score (nSPS) is 20.2. The third-order valence-electron chi connectivity index (χ3n) is 3.31. The van der Waals surface area contributed by atoms with Crippen LogP contribution in [0, 0.1) is 5.82 Å². The predicted molar refractivity (Wildman–Crippen MR) is 73.3 cm³/mol. The lowest BCUT2D eigenvalue weighted by molar-refractivity contribution is -0.116. The van der Waals surface area contributed by atoms with Crippen molar-refractivity contribution in [3.8, 4) is 0 Å². The van der Waals surface area contributed by atoms with E-state index in [9.17, 15) is 9.18 Å². The molecule has 5 heteroatoms. The Morgan fingerprint density at radius 2 is 2.37 bits per heavy atom. The molecule has 19 heavy (non-hydrogen) atoms. The van der Waals surface area contributed by atoms with Gasteiger partial charge in [0.1, 0.15) is 5.82 Å². The number of hydrogen-bond acceptors (Lipinski definition) is 3. The molecule has 1 amide bonds. The van der Waals surface area contributed by atoms with Crippen molar-refractivity contribution in [3.63, 3.8) is 0 Å². The van der Waals surface area contributed by atoms with E-state index in [-0.39, 0.29) is 17.8 Å². The minimum Gasteiger partial charge on any atom is -0.327 e. The molecular weight excluding hydrogens is 245 g/mol. The molecule has 104 valence electrons. The van der Waals surface area contributed by atoms with Crippen LogP contribution in [0.3, 0.4) is 0 Å². The number of rotatable bonds is 4. The molecule has 1 fully saturated rings. The standard InChI is InChI=1S/C14H20FN3O/c15-11-3-1-5-13(9-11)17-14(19)6-8-18-7-2-4-12(16)10-18/h1,3,5,9,12H,2,4,6-8,10,16H2,(H,17,19)/t12-/m1/s1. The Bertz CT molecular complexity index is 438. The minimum atomic E-state index is -0.347. The maximum absolute atomic E-state index is 13.0. The third kappa shape index (κ3) is 4.61. The van der Waals surface area contributed by atoms with Gasteiger partial charge in [0.2, 0.25) is 5.91 Å². The van der Waals surface area contributed by atoms with Crippen LogP contribution in [-0.4, -0.2) is 36.5 Å². The maximum Gasteiger partial charge on any atom is 0.225 e. The number of hydrogen-bond donors (Lipinski definition) is 2. The van der Waals surface area contributed by atoms with E-state index < -0.39 is 0 Å². The Morgan fingerprint density at radius 3 is 3.11 bits per heavy atom. The van der Waals surface area contributed by atoms with Gasteiger partial charge in [-0.25, -0.2) is 4.39 Å². The molecule has 1 atom stereocenters. The molecule has 1 heterocycles. The molecule has 1 aliphatic rings.